The van der Waals surface area contributed by atoms with Crippen LogP contribution in [0.15, 0.2) is 35.5 Å². The number of rotatable bonds is 8. The monoisotopic (exact) mass is 426 g/mol. The Bertz CT molecular complexity index is 856. The van der Waals surface area contributed by atoms with Crippen LogP contribution in [0.5, 0.6) is 0 Å². The number of hydrogen-bond donors (Lipinski definition) is 2. The third-order valence-corrected chi connectivity index (χ3v) is 5.40. The summed E-state index contributed by atoms with van der Waals surface area (Å²) in [5, 5.41) is 11.0. The van der Waals surface area contributed by atoms with Gasteiger partial charge >= 0.3 is 0 Å². The van der Waals surface area contributed by atoms with Crippen molar-refractivity contribution < 1.29 is 4.79 Å². The molecule has 9 heteroatoms. The van der Waals surface area contributed by atoms with Crippen LogP contribution in [0.4, 0.5) is 5.82 Å². The molecule has 0 atom stereocenters. The maximum Gasteiger partial charge on any atom is 0.224 e. The zero-order valence-corrected chi connectivity index (χ0v) is 18.8. The summed E-state index contributed by atoms with van der Waals surface area (Å²) in [4.78, 5) is 25.3. The first-order valence-corrected chi connectivity index (χ1v) is 11.0. The van der Waals surface area contributed by atoms with Gasteiger partial charge in [0.25, 0.3) is 0 Å². The molecule has 1 aliphatic rings. The van der Waals surface area contributed by atoms with Crippen molar-refractivity contribution in [2.45, 2.75) is 33.2 Å². The molecule has 2 N–H and O–H groups in total. The third-order valence-electron chi connectivity index (χ3n) is 5.40. The Labute approximate surface area is 184 Å². The van der Waals surface area contributed by atoms with Crippen molar-refractivity contribution in [2.75, 3.05) is 51.2 Å². The third kappa shape index (κ3) is 6.70. The second-order valence-electron chi connectivity index (χ2n) is 7.74. The van der Waals surface area contributed by atoms with E-state index in [1.165, 1.54) is 5.69 Å². The first kappa shape index (κ1) is 22.6. The van der Waals surface area contributed by atoms with Crippen LogP contribution in [0.3, 0.4) is 0 Å². The summed E-state index contributed by atoms with van der Waals surface area (Å²) in [7, 11) is 1.75. The molecule has 1 aliphatic heterocycles. The first-order chi connectivity index (χ1) is 15.1. The van der Waals surface area contributed by atoms with Gasteiger partial charge in [0.2, 0.25) is 5.91 Å². The van der Waals surface area contributed by atoms with Gasteiger partial charge in [-0.25, -0.2) is 4.98 Å². The molecule has 0 bridgehead atoms. The van der Waals surface area contributed by atoms with Crippen molar-refractivity contribution in [2.24, 2.45) is 4.99 Å². The van der Waals surface area contributed by atoms with Crippen molar-refractivity contribution in [3.05, 3.63) is 41.9 Å². The van der Waals surface area contributed by atoms with E-state index in [1.807, 2.05) is 34.7 Å². The highest BCUT2D eigenvalue weighted by Crippen LogP contribution is 2.12. The van der Waals surface area contributed by atoms with Crippen LogP contribution in [0.2, 0.25) is 0 Å². The van der Waals surface area contributed by atoms with Crippen LogP contribution in [-0.4, -0.2) is 77.8 Å². The summed E-state index contributed by atoms with van der Waals surface area (Å²) < 4.78 is 2.03. The van der Waals surface area contributed by atoms with Crippen LogP contribution in [-0.2, 0) is 11.3 Å². The van der Waals surface area contributed by atoms with Crippen LogP contribution in [0.1, 0.15) is 24.2 Å². The van der Waals surface area contributed by atoms with E-state index in [0.717, 1.165) is 63.2 Å². The number of nitrogens with zero attached hydrogens (tertiary/aromatic N) is 6. The Morgan fingerprint density at radius 1 is 1.13 bits per heavy atom. The molecule has 2 aromatic heterocycles. The summed E-state index contributed by atoms with van der Waals surface area (Å²) in [5.41, 5.74) is 2.23. The molecule has 0 unspecified atom stereocenters. The molecule has 0 aromatic carbocycles. The molecule has 0 aliphatic carbocycles. The Kier molecular flexibility index (Phi) is 8.26. The lowest BCUT2D eigenvalue weighted by molar-refractivity contribution is -0.131. The average Bonchev–Trinajstić information content (AvgIpc) is 3.12. The Morgan fingerprint density at radius 2 is 1.90 bits per heavy atom. The number of hydrogen-bond acceptors (Lipinski definition) is 5. The number of piperazine rings is 1. The highest BCUT2D eigenvalue weighted by Gasteiger charge is 2.21. The highest BCUT2D eigenvalue weighted by molar-refractivity contribution is 5.81. The van der Waals surface area contributed by atoms with Gasteiger partial charge in [0.1, 0.15) is 5.82 Å². The molecule has 1 fully saturated rings. The van der Waals surface area contributed by atoms with Gasteiger partial charge in [-0.05, 0) is 38.5 Å². The number of pyridine rings is 1. The van der Waals surface area contributed by atoms with Gasteiger partial charge in [0.05, 0.1) is 5.69 Å². The standard InChI is InChI=1S/C22H34N8O/c1-18-17-19(2)30(27-18)12-6-10-25-22(23-3)26-11-8-21(31)29-15-13-28(14-16-29)20-7-4-5-9-24-20/h4-5,7,9,17H,6,8,10-16H2,1-3H3,(H2,23,25,26). The molecule has 0 radical (unpaired) electrons. The molecular formula is C22H34N8O. The summed E-state index contributed by atoms with van der Waals surface area (Å²) in [6, 6.07) is 8.01. The number of aliphatic imine (C=N–C) groups is 1. The highest BCUT2D eigenvalue weighted by atomic mass is 16.2. The number of anilines is 1. The lowest BCUT2D eigenvalue weighted by Gasteiger charge is -2.35. The number of amides is 1. The zero-order chi connectivity index (χ0) is 22.1. The van der Waals surface area contributed by atoms with Gasteiger partial charge in [-0.2, -0.15) is 5.10 Å². The normalized spacial score (nSPS) is 14.6. The van der Waals surface area contributed by atoms with E-state index in [9.17, 15) is 4.79 Å². The number of aromatic nitrogens is 3. The molecule has 1 saturated heterocycles. The predicted molar refractivity (Wildman–Crippen MR) is 123 cm³/mol. The number of carbonyl (C=O) groups is 1. The quantitative estimate of drug-likeness (QED) is 0.374. The van der Waals surface area contributed by atoms with E-state index in [0.29, 0.717) is 13.0 Å². The minimum Gasteiger partial charge on any atom is -0.356 e. The molecule has 168 valence electrons. The molecule has 1 amide bonds. The largest absolute Gasteiger partial charge is 0.356 e. The fourth-order valence-corrected chi connectivity index (χ4v) is 3.73. The zero-order valence-electron chi connectivity index (χ0n) is 18.8. The lowest BCUT2D eigenvalue weighted by Crippen LogP contribution is -2.49. The van der Waals surface area contributed by atoms with Crippen LogP contribution < -0.4 is 15.5 Å². The molecule has 2 aromatic rings. The number of guanidine groups is 1. The Hall–Kier alpha value is -3.10. The van der Waals surface area contributed by atoms with Crippen LogP contribution >= 0.6 is 0 Å². The number of aryl methyl sites for hydroxylation is 3. The van der Waals surface area contributed by atoms with Crippen molar-refractivity contribution >= 4 is 17.7 Å². The number of nitrogens with one attached hydrogen (secondary N) is 2. The minimum absolute atomic E-state index is 0.174. The van der Waals surface area contributed by atoms with Gasteiger partial charge in [0, 0.05) is 71.2 Å². The van der Waals surface area contributed by atoms with E-state index >= 15 is 0 Å². The summed E-state index contributed by atoms with van der Waals surface area (Å²) >= 11 is 0. The Balaban J connectivity index is 1.30. The maximum atomic E-state index is 12.5. The van der Waals surface area contributed by atoms with E-state index < -0.39 is 0 Å². The van der Waals surface area contributed by atoms with E-state index in [2.05, 4.69) is 43.6 Å². The van der Waals surface area contributed by atoms with Gasteiger partial charge < -0.3 is 20.4 Å². The SMILES string of the molecule is CN=C(NCCCn1nc(C)cc1C)NCCC(=O)N1CCN(c2ccccn2)CC1. The topological polar surface area (TPSA) is 90.7 Å². The second kappa shape index (κ2) is 11.3. The molecule has 3 heterocycles. The van der Waals surface area contributed by atoms with Gasteiger partial charge in [0.15, 0.2) is 5.96 Å². The molecule has 31 heavy (non-hydrogen) atoms. The molecular weight excluding hydrogens is 392 g/mol. The summed E-state index contributed by atoms with van der Waals surface area (Å²) in [6.07, 6.45) is 3.21. The summed E-state index contributed by atoms with van der Waals surface area (Å²) in [6.45, 7) is 9.40. The minimum atomic E-state index is 0.174. The van der Waals surface area contributed by atoms with Gasteiger partial charge in [-0.15, -0.1) is 0 Å². The lowest BCUT2D eigenvalue weighted by atomic mass is 10.2. The Morgan fingerprint density at radius 3 is 2.55 bits per heavy atom. The van der Waals surface area contributed by atoms with Crippen molar-refractivity contribution in [3.8, 4) is 0 Å². The van der Waals surface area contributed by atoms with Crippen LogP contribution in [0, 0.1) is 13.8 Å². The fourth-order valence-electron chi connectivity index (χ4n) is 3.73. The average molecular weight is 427 g/mol. The van der Waals surface area contributed by atoms with Gasteiger partial charge in [-0.3, -0.25) is 14.5 Å². The van der Waals surface area contributed by atoms with E-state index in [-0.39, 0.29) is 5.91 Å². The molecule has 9 nitrogen and oxygen atoms in total. The van der Waals surface area contributed by atoms with Crippen molar-refractivity contribution in [1.82, 2.24) is 30.3 Å². The van der Waals surface area contributed by atoms with Crippen molar-refractivity contribution in [3.63, 3.8) is 0 Å². The second-order valence-corrected chi connectivity index (χ2v) is 7.74. The van der Waals surface area contributed by atoms with E-state index in [1.54, 1.807) is 13.2 Å². The maximum absolute atomic E-state index is 12.5. The predicted octanol–water partition coefficient (Wildman–Crippen LogP) is 1.19. The number of carbonyl (C=O) groups excluding carboxylic acids is 1. The molecule has 3 rings (SSSR count). The van der Waals surface area contributed by atoms with Crippen LogP contribution in [0.25, 0.3) is 0 Å². The fraction of sp³-hybridized carbons (Fsp3) is 0.545. The molecule has 0 spiro atoms. The summed E-state index contributed by atoms with van der Waals surface area (Å²) in [5.74, 6) is 1.87. The van der Waals surface area contributed by atoms with E-state index in [4.69, 9.17) is 0 Å². The smallest absolute Gasteiger partial charge is 0.224 e. The van der Waals surface area contributed by atoms with Crippen molar-refractivity contribution in [1.29, 1.82) is 0 Å². The first-order valence-electron chi connectivity index (χ1n) is 11.0. The van der Waals surface area contributed by atoms with Gasteiger partial charge in [-0.1, -0.05) is 6.07 Å². The molecule has 0 saturated carbocycles.